The van der Waals surface area contributed by atoms with Gasteiger partial charge < -0.3 is 14.8 Å². The molecular weight excluding hydrogens is 286 g/mol. The molecule has 0 fully saturated rings. The lowest BCUT2D eigenvalue weighted by Gasteiger charge is -2.14. The van der Waals surface area contributed by atoms with Crippen molar-refractivity contribution in [2.24, 2.45) is 0 Å². The molecule has 0 bridgehead atoms. The Bertz CT molecular complexity index is 521. The van der Waals surface area contributed by atoms with Gasteiger partial charge in [-0.3, -0.25) is 4.79 Å². The van der Waals surface area contributed by atoms with Gasteiger partial charge in [0.15, 0.2) is 0 Å². The van der Waals surface area contributed by atoms with Crippen LogP contribution in [0.25, 0.3) is 6.08 Å². The van der Waals surface area contributed by atoms with Crippen LogP contribution in [0.3, 0.4) is 0 Å². The molecule has 1 aromatic carbocycles. The highest BCUT2D eigenvalue weighted by molar-refractivity contribution is 6.04. The Balaban J connectivity index is 2.71. The van der Waals surface area contributed by atoms with Crippen molar-refractivity contribution < 1.29 is 23.9 Å². The van der Waals surface area contributed by atoms with E-state index in [9.17, 15) is 14.4 Å². The molecule has 0 saturated carbocycles. The van der Waals surface area contributed by atoms with Crippen LogP contribution in [0.2, 0.25) is 0 Å². The van der Waals surface area contributed by atoms with Gasteiger partial charge in [0.1, 0.15) is 0 Å². The number of rotatable bonds is 7. The molecule has 6 heteroatoms. The maximum Gasteiger partial charge on any atom is 0.340 e. The summed E-state index contributed by atoms with van der Waals surface area (Å²) in [5.41, 5.74) is 0.821. The van der Waals surface area contributed by atoms with Crippen molar-refractivity contribution in [3.05, 3.63) is 42.0 Å². The third-order valence-corrected chi connectivity index (χ3v) is 2.56. The number of ether oxygens (including phenoxy) is 2. The van der Waals surface area contributed by atoms with E-state index in [0.29, 0.717) is 0 Å². The molecular formula is C16H19NO5. The maximum atomic E-state index is 11.8. The number of amides is 1. The second-order valence-electron chi connectivity index (χ2n) is 4.19. The van der Waals surface area contributed by atoms with Crippen molar-refractivity contribution >= 4 is 23.9 Å². The van der Waals surface area contributed by atoms with Gasteiger partial charge in [0, 0.05) is 6.08 Å². The van der Waals surface area contributed by atoms with E-state index < -0.39 is 23.9 Å². The first-order chi connectivity index (χ1) is 10.6. The fourth-order valence-electron chi connectivity index (χ4n) is 1.59. The van der Waals surface area contributed by atoms with Gasteiger partial charge in [-0.05, 0) is 25.5 Å². The van der Waals surface area contributed by atoms with Gasteiger partial charge in [0.25, 0.3) is 0 Å². The molecule has 1 N–H and O–H groups in total. The van der Waals surface area contributed by atoms with Crippen LogP contribution in [0, 0.1) is 0 Å². The van der Waals surface area contributed by atoms with E-state index in [1.54, 1.807) is 19.9 Å². The zero-order valence-electron chi connectivity index (χ0n) is 12.6. The van der Waals surface area contributed by atoms with E-state index in [1.165, 1.54) is 6.08 Å². The van der Waals surface area contributed by atoms with Crippen LogP contribution in [0.1, 0.15) is 19.4 Å². The number of benzene rings is 1. The Hall–Kier alpha value is -2.63. The van der Waals surface area contributed by atoms with Gasteiger partial charge in [-0.1, -0.05) is 30.3 Å². The third kappa shape index (κ3) is 5.78. The molecule has 22 heavy (non-hydrogen) atoms. The minimum Gasteiger partial charge on any atom is -0.464 e. The summed E-state index contributed by atoms with van der Waals surface area (Å²) in [7, 11) is 0. The topological polar surface area (TPSA) is 81.7 Å². The zero-order chi connectivity index (χ0) is 16.4. The van der Waals surface area contributed by atoms with Crippen LogP contribution in [-0.2, 0) is 23.9 Å². The predicted octanol–water partition coefficient (Wildman–Crippen LogP) is 1.31. The lowest BCUT2D eigenvalue weighted by molar-refractivity contribution is -0.159. The second kappa shape index (κ2) is 9.33. The minimum absolute atomic E-state index is 0.102. The smallest absolute Gasteiger partial charge is 0.340 e. The molecule has 6 nitrogen and oxygen atoms in total. The SMILES string of the molecule is CCOC(=O)C(NC(=O)/C=C/c1ccccc1)C(=O)OCC. The standard InChI is InChI=1S/C16H19NO5/c1-3-21-15(19)14(16(20)22-4-2)17-13(18)11-10-12-8-6-5-7-9-12/h5-11,14H,3-4H2,1-2H3,(H,17,18)/b11-10+. The highest BCUT2D eigenvalue weighted by Gasteiger charge is 2.30. The summed E-state index contributed by atoms with van der Waals surface area (Å²) in [5.74, 6) is -2.28. The molecule has 0 heterocycles. The van der Waals surface area contributed by atoms with Gasteiger partial charge in [-0.2, -0.15) is 0 Å². The molecule has 0 aliphatic rings. The van der Waals surface area contributed by atoms with Crippen molar-refractivity contribution in [1.29, 1.82) is 0 Å². The summed E-state index contributed by atoms with van der Waals surface area (Å²) < 4.78 is 9.51. The monoisotopic (exact) mass is 305 g/mol. The molecule has 1 rings (SSSR count). The van der Waals surface area contributed by atoms with Crippen molar-refractivity contribution in [3.8, 4) is 0 Å². The fourth-order valence-corrected chi connectivity index (χ4v) is 1.59. The van der Waals surface area contributed by atoms with Crippen molar-refractivity contribution in [1.82, 2.24) is 5.32 Å². The molecule has 0 radical (unpaired) electrons. The largest absolute Gasteiger partial charge is 0.464 e. The Morgan fingerprint density at radius 3 is 2.09 bits per heavy atom. The van der Waals surface area contributed by atoms with Crippen LogP contribution >= 0.6 is 0 Å². The Morgan fingerprint density at radius 2 is 1.59 bits per heavy atom. The van der Waals surface area contributed by atoms with E-state index in [2.05, 4.69) is 5.32 Å². The van der Waals surface area contributed by atoms with Crippen LogP contribution in [0.5, 0.6) is 0 Å². The number of carbonyl (C=O) groups is 3. The average molecular weight is 305 g/mol. The van der Waals surface area contributed by atoms with E-state index in [4.69, 9.17) is 9.47 Å². The summed E-state index contributed by atoms with van der Waals surface area (Å²) in [6.45, 7) is 3.42. The normalized spacial score (nSPS) is 10.5. The summed E-state index contributed by atoms with van der Waals surface area (Å²) in [6.07, 6.45) is 2.81. The van der Waals surface area contributed by atoms with E-state index >= 15 is 0 Å². The van der Waals surface area contributed by atoms with Crippen LogP contribution < -0.4 is 5.32 Å². The number of hydrogen-bond acceptors (Lipinski definition) is 5. The van der Waals surface area contributed by atoms with Gasteiger partial charge >= 0.3 is 11.9 Å². The predicted molar refractivity (Wildman–Crippen MR) is 80.7 cm³/mol. The Morgan fingerprint density at radius 1 is 1.05 bits per heavy atom. The lowest BCUT2D eigenvalue weighted by Crippen LogP contribution is -2.47. The fraction of sp³-hybridized carbons (Fsp3) is 0.312. The highest BCUT2D eigenvalue weighted by Crippen LogP contribution is 2.01. The number of carbonyl (C=O) groups excluding carboxylic acids is 3. The van der Waals surface area contributed by atoms with Gasteiger partial charge in [-0.15, -0.1) is 0 Å². The molecule has 0 saturated heterocycles. The Labute approximate surface area is 129 Å². The molecule has 0 spiro atoms. The zero-order valence-corrected chi connectivity index (χ0v) is 12.6. The quantitative estimate of drug-likeness (QED) is 0.466. The number of nitrogens with one attached hydrogen (secondary N) is 1. The van der Waals surface area contributed by atoms with E-state index in [1.807, 2.05) is 30.3 Å². The van der Waals surface area contributed by atoms with Gasteiger partial charge in [0.05, 0.1) is 13.2 Å². The maximum absolute atomic E-state index is 11.8. The lowest BCUT2D eigenvalue weighted by atomic mass is 10.2. The van der Waals surface area contributed by atoms with Crippen LogP contribution in [0.15, 0.2) is 36.4 Å². The average Bonchev–Trinajstić information content (AvgIpc) is 2.52. The van der Waals surface area contributed by atoms with Crippen LogP contribution in [0.4, 0.5) is 0 Å². The first-order valence-electron chi connectivity index (χ1n) is 6.95. The number of esters is 2. The molecule has 1 aromatic rings. The molecule has 0 aromatic heterocycles. The summed E-state index contributed by atoms with van der Waals surface area (Å²) in [5, 5.41) is 2.28. The third-order valence-electron chi connectivity index (χ3n) is 2.56. The molecule has 1 amide bonds. The first kappa shape index (κ1) is 17.4. The molecule has 118 valence electrons. The second-order valence-corrected chi connectivity index (χ2v) is 4.19. The Kier molecular flexibility index (Phi) is 7.39. The first-order valence-corrected chi connectivity index (χ1v) is 6.95. The molecule has 0 aliphatic heterocycles. The van der Waals surface area contributed by atoms with E-state index in [0.717, 1.165) is 5.56 Å². The molecule has 0 atom stereocenters. The molecule has 0 aliphatic carbocycles. The van der Waals surface area contributed by atoms with Crippen molar-refractivity contribution in [3.63, 3.8) is 0 Å². The van der Waals surface area contributed by atoms with Crippen molar-refractivity contribution in [2.45, 2.75) is 19.9 Å². The number of hydrogen-bond donors (Lipinski definition) is 1. The van der Waals surface area contributed by atoms with E-state index in [-0.39, 0.29) is 13.2 Å². The van der Waals surface area contributed by atoms with Gasteiger partial charge in [0.2, 0.25) is 11.9 Å². The van der Waals surface area contributed by atoms with Crippen LogP contribution in [-0.4, -0.2) is 37.1 Å². The molecule has 0 unspecified atom stereocenters. The minimum atomic E-state index is -1.46. The highest BCUT2D eigenvalue weighted by atomic mass is 16.6. The summed E-state index contributed by atoms with van der Waals surface area (Å²) >= 11 is 0. The van der Waals surface area contributed by atoms with Crippen molar-refractivity contribution in [2.75, 3.05) is 13.2 Å². The summed E-state index contributed by atoms with van der Waals surface area (Å²) in [4.78, 5) is 35.2. The van der Waals surface area contributed by atoms with Gasteiger partial charge in [-0.25, -0.2) is 9.59 Å². The summed E-state index contributed by atoms with van der Waals surface area (Å²) in [6, 6.07) is 7.69.